The highest BCUT2D eigenvalue weighted by Crippen LogP contribution is 2.26. The molecule has 0 saturated carbocycles. The number of benzene rings is 1. The molecule has 130 valence electrons. The van der Waals surface area contributed by atoms with Crippen LogP contribution < -0.4 is 4.74 Å². The van der Waals surface area contributed by atoms with Gasteiger partial charge >= 0.3 is 11.9 Å². The van der Waals surface area contributed by atoms with E-state index in [9.17, 15) is 14.4 Å². The number of ether oxygens (including phenoxy) is 3. The SMILES string of the molecule is COC(=O)C1(CCC(=O)c2ccc(OC)cc2)OCCOOC1=O. The lowest BCUT2D eigenvalue weighted by Gasteiger charge is -2.25. The van der Waals surface area contributed by atoms with Crippen molar-refractivity contribution in [2.45, 2.75) is 18.4 Å². The summed E-state index contributed by atoms with van der Waals surface area (Å²) in [5, 5.41) is 0. The Kier molecular flexibility index (Phi) is 5.88. The quantitative estimate of drug-likeness (QED) is 0.329. The minimum Gasteiger partial charge on any atom is -0.497 e. The summed E-state index contributed by atoms with van der Waals surface area (Å²) < 4.78 is 15.0. The standard InChI is InChI=1S/C16H18O8/c1-20-12-5-3-11(4-6-12)13(17)7-8-16(14(18)21-2)15(19)24-23-10-9-22-16/h3-6H,7-10H2,1-2H3. The van der Waals surface area contributed by atoms with Gasteiger partial charge in [-0.05, 0) is 24.3 Å². The average Bonchev–Trinajstić information content (AvgIpc) is 2.81. The number of carbonyl (C=O) groups excluding carboxylic acids is 3. The van der Waals surface area contributed by atoms with E-state index in [0.717, 1.165) is 7.11 Å². The Morgan fingerprint density at radius 2 is 1.88 bits per heavy atom. The molecule has 1 atom stereocenters. The molecule has 1 heterocycles. The zero-order valence-electron chi connectivity index (χ0n) is 13.4. The van der Waals surface area contributed by atoms with Gasteiger partial charge in [0.25, 0.3) is 5.60 Å². The van der Waals surface area contributed by atoms with Gasteiger partial charge in [0.15, 0.2) is 5.78 Å². The molecule has 1 aliphatic rings. The van der Waals surface area contributed by atoms with Gasteiger partial charge in [0, 0.05) is 18.4 Å². The monoisotopic (exact) mass is 338 g/mol. The van der Waals surface area contributed by atoms with Gasteiger partial charge in [0.2, 0.25) is 0 Å². The summed E-state index contributed by atoms with van der Waals surface area (Å²) in [6, 6.07) is 6.49. The van der Waals surface area contributed by atoms with Crippen molar-refractivity contribution in [1.29, 1.82) is 0 Å². The van der Waals surface area contributed by atoms with Crippen LogP contribution in [-0.4, -0.2) is 50.8 Å². The molecule has 1 fully saturated rings. The lowest BCUT2D eigenvalue weighted by Crippen LogP contribution is -2.50. The van der Waals surface area contributed by atoms with E-state index in [2.05, 4.69) is 14.5 Å². The minimum atomic E-state index is -2.01. The molecule has 0 bridgehead atoms. The van der Waals surface area contributed by atoms with Gasteiger partial charge in [-0.3, -0.25) is 9.68 Å². The Bertz CT molecular complexity index is 609. The van der Waals surface area contributed by atoms with E-state index in [1.165, 1.54) is 7.11 Å². The fourth-order valence-electron chi connectivity index (χ4n) is 2.27. The Morgan fingerprint density at radius 1 is 1.17 bits per heavy atom. The molecular weight excluding hydrogens is 320 g/mol. The third-order valence-corrected chi connectivity index (χ3v) is 3.61. The second-order valence-electron chi connectivity index (χ2n) is 5.01. The van der Waals surface area contributed by atoms with Gasteiger partial charge in [0.1, 0.15) is 12.4 Å². The van der Waals surface area contributed by atoms with E-state index in [1.54, 1.807) is 24.3 Å². The number of rotatable bonds is 6. The second-order valence-corrected chi connectivity index (χ2v) is 5.01. The topological polar surface area (TPSA) is 97.4 Å². The van der Waals surface area contributed by atoms with E-state index < -0.39 is 17.5 Å². The number of hydrogen-bond donors (Lipinski definition) is 0. The van der Waals surface area contributed by atoms with Crippen molar-refractivity contribution in [2.75, 3.05) is 27.4 Å². The molecule has 1 unspecified atom stereocenters. The lowest BCUT2D eigenvalue weighted by atomic mass is 9.94. The summed E-state index contributed by atoms with van der Waals surface area (Å²) in [7, 11) is 2.64. The summed E-state index contributed by atoms with van der Waals surface area (Å²) in [6.07, 6.45) is -0.330. The molecule has 8 heteroatoms. The highest BCUT2D eigenvalue weighted by atomic mass is 17.2. The summed E-state index contributed by atoms with van der Waals surface area (Å²) in [6.45, 7) is -0.0610. The zero-order valence-corrected chi connectivity index (χ0v) is 13.4. The molecule has 0 aliphatic carbocycles. The smallest absolute Gasteiger partial charge is 0.385 e. The average molecular weight is 338 g/mol. The molecule has 1 aliphatic heterocycles. The van der Waals surface area contributed by atoms with Gasteiger partial charge in [-0.2, -0.15) is 4.89 Å². The molecule has 0 aromatic heterocycles. The molecule has 0 spiro atoms. The normalized spacial score (nSPS) is 20.7. The summed E-state index contributed by atoms with van der Waals surface area (Å²) in [4.78, 5) is 45.5. The predicted octanol–water partition coefficient (Wildman–Crippen LogP) is 1.07. The maximum atomic E-state index is 12.3. The van der Waals surface area contributed by atoms with Crippen molar-refractivity contribution in [3.63, 3.8) is 0 Å². The van der Waals surface area contributed by atoms with E-state index in [4.69, 9.17) is 9.47 Å². The first kappa shape index (κ1) is 17.9. The van der Waals surface area contributed by atoms with Gasteiger partial charge in [-0.15, -0.1) is 0 Å². The van der Waals surface area contributed by atoms with Crippen molar-refractivity contribution in [3.05, 3.63) is 29.8 Å². The maximum Gasteiger partial charge on any atom is 0.385 e. The largest absolute Gasteiger partial charge is 0.497 e. The van der Waals surface area contributed by atoms with E-state index in [1.807, 2.05) is 0 Å². The summed E-state index contributed by atoms with van der Waals surface area (Å²) in [5.41, 5.74) is -1.58. The Labute approximate surface area is 138 Å². The van der Waals surface area contributed by atoms with Crippen molar-refractivity contribution in [3.8, 4) is 5.75 Å². The summed E-state index contributed by atoms with van der Waals surface area (Å²) >= 11 is 0. The van der Waals surface area contributed by atoms with Crippen LogP contribution in [0, 0.1) is 0 Å². The number of methoxy groups -OCH3 is 2. The molecule has 8 nitrogen and oxygen atoms in total. The highest BCUT2D eigenvalue weighted by Gasteiger charge is 2.52. The van der Waals surface area contributed by atoms with Crippen molar-refractivity contribution >= 4 is 17.7 Å². The molecule has 1 aromatic carbocycles. The van der Waals surface area contributed by atoms with Crippen LogP contribution in [0.2, 0.25) is 0 Å². The molecule has 0 amide bonds. The van der Waals surface area contributed by atoms with Crippen molar-refractivity contribution in [2.24, 2.45) is 0 Å². The first-order chi connectivity index (χ1) is 11.5. The van der Waals surface area contributed by atoms with Crippen LogP contribution in [0.5, 0.6) is 5.75 Å². The number of Topliss-reactive ketones (excluding diaryl/α,β-unsaturated/α-hetero) is 1. The minimum absolute atomic E-state index is 0.0170. The van der Waals surface area contributed by atoms with E-state index in [0.29, 0.717) is 11.3 Å². The van der Waals surface area contributed by atoms with Crippen molar-refractivity contribution < 1.29 is 38.4 Å². The third-order valence-electron chi connectivity index (χ3n) is 3.61. The fourth-order valence-corrected chi connectivity index (χ4v) is 2.27. The van der Waals surface area contributed by atoms with Gasteiger partial charge in [-0.1, -0.05) is 0 Å². The Morgan fingerprint density at radius 3 is 2.50 bits per heavy atom. The molecular formula is C16H18O8. The van der Waals surface area contributed by atoms with Crippen LogP contribution in [-0.2, 0) is 28.8 Å². The number of carbonyl (C=O) groups is 3. The zero-order chi connectivity index (χ0) is 17.6. The first-order valence-electron chi connectivity index (χ1n) is 7.27. The van der Waals surface area contributed by atoms with Crippen molar-refractivity contribution in [1.82, 2.24) is 0 Å². The van der Waals surface area contributed by atoms with Crippen LogP contribution in [0.4, 0.5) is 0 Å². The van der Waals surface area contributed by atoms with Crippen LogP contribution in [0.3, 0.4) is 0 Å². The molecule has 1 saturated heterocycles. The van der Waals surface area contributed by atoms with Crippen LogP contribution in [0.1, 0.15) is 23.2 Å². The molecule has 0 N–H and O–H groups in total. The first-order valence-corrected chi connectivity index (χ1v) is 7.27. The number of esters is 1. The number of hydrogen-bond acceptors (Lipinski definition) is 8. The van der Waals surface area contributed by atoms with E-state index in [-0.39, 0.29) is 31.8 Å². The van der Waals surface area contributed by atoms with Crippen LogP contribution in [0.25, 0.3) is 0 Å². The third kappa shape index (κ3) is 3.72. The molecule has 2 rings (SSSR count). The maximum absolute atomic E-state index is 12.3. The van der Waals surface area contributed by atoms with Crippen LogP contribution in [0.15, 0.2) is 24.3 Å². The van der Waals surface area contributed by atoms with Crippen LogP contribution >= 0.6 is 0 Å². The molecule has 24 heavy (non-hydrogen) atoms. The van der Waals surface area contributed by atoms with Gasteiger partial charge in [0.05, 0.1) is 20.8 Å². The molecule has 0 radical (unpaired) electrons. The van der Waals surface area contributed by atoms with Gasteiger partial charge in [-0.25, -0.2) is 9.59 Å². The number of ketones is 1. The molecule has 1 aromatic rings. The fraction of sp³-hybridized carbons (Fsp3) is 0.438. The second kappa shape index (κ2) is 7.89. The summed E-state index contributed by atoms with van der Waals surface area (Å²) in [5.74, 6) is -1.61. The predicted molar refractivity (Wildman–Crippen MR) is 79.3 cm³/mol. The highest BCUT2D eigenvalue weighted by molar-refractivity contribution is 6.04. The Balaban J connectivity index is 2.13. The lowest BCUT2D eigenvalue weighted by molar-refractivity contribution is -0.270. The van der Waals surface area contributed by atoms with Gasteiger partial charge < -0.3 is 14.2 Å². The Hall–Kier alpha value is -2.45. The van der Waals surface area contributed by atoms with E-state index >= 15 is 0 Å².